The second-order valence-electron chi connectivity index (χ2n) is 4.14. The zero-order valence-electron chi connectivity index (χ0n) is 10.7. The normalized spacial score (nSPS) is 14.2. The molecule has 0 bridgehead atoms. The van der Waals surface area contributed by atoms with E-state index in [-0.39, 0.29) is 12.7 Å². The van der Waals surface area contributed by atoms with Gasteiger partial charge >= 0.3 is 0 Å². The molecule has 0 fully saturated rings. The third-order valence-electron chi connectivity index (χ3n) is 2.34. The van der Waals surface area contributed by atoms with E-state index >= 15 is 0 Å². The van der Waals surface area contributed by atoms with Gasteiger partial charge < -0.3 is 19.9 Å². The molecule has 4 nitrogen and oxygen atoms in total. The highest BCUT2D eigenvalue weighted by Crippen LogP contribution is 2.14. The first-order valence-corrected chi connectivity index (χ1v) is 6.27. The van der Waals surface area contributed by atoms with Crippen molar-refractivity contribution in [1.82, 2.24) is 0 Å². The lowest BCUT2D eigenvalue weighted by atomic mass is 10.3. The van der Waals surface area contributed by atoms with E-state index in [0.29, 0.717) is 18.2 Å². The van der Waals surface area contributed by atoms with Gasteiger partial charge in [-0.2, -0.15) is 0 Å². The fourth-order valence-electron chi connectivity index (χ4n) is 1.45. The number of hydrogen-bond donors (Lipinski definition) is 2. The maximum Gasteiger partial charge on any atom is 0.0945 e. The van der Waals surface area contributed by atoms with Crippen LogP contribution in [0, 0.1) is 0 Å². The van der Waals surface area contributed by atoms with Gasteiger partial charge in [-0.1, -0.05) is 17.7 Å². The fraction of sp³-hybridized carbons (Fsp3) is 0.538. The minimum absolute atomic E-state index is 0.0178. The van der Waals surface area contributed by atoms with Crippen LogP contribution in [0.2, 0.25) is 5.02 Å². The van der Waals surface area contributed by atoms with Gasteiger partial charge in [0, 0.05) is 24.4 Å². The first-order valence-electron chi connectivity index (χ1n) is 5.90. The van der Waals surface area contributed by atoms with Crippen LogP contribution >= 0.6 is 11.6 Å². The van der Waals surface area contributed by atoms with E-state index in [2.05, 4.69) is 5.32 Å². The van der Waals surface area contributed by atoms with Crippen LogP contribution in [-0.2, 0) is 9.47 Å². The second kappa shape index (κ2) is 8.32. The Morgan fingerprint density at radius 1 is 1.39 bits per heavy atom. The van der Waals surface area contributed by atoms with Crippen molar-refractivity contribution in [1.29, 1.82) is 0 Å². The van der Waals surface area contributed by atoms with Gasteiger partial charge in [-0.15, -0.1) is 0 Å². The van der Waals surface area contributed by atoms with Gasteiger partial charge in [0.1, 0.15) is 0 Å². The molecule has 1 aromatic rings. The number of nitrogens with one attached hydrogen (secondary N) is 1. The molecule has 0 amide bonds. The zero-order valence-corrected chi connectivity index (χ0v) is 11.5. The topological polar surface area (TPSA) is 50.7 Å². The van der Waals surface area contributed by atoms with Crippen molar-refractivity contribution in [3.05, 3.63) is 29.3 Å². The number of ether oxygens (including phenoxy) is 2. The van der Waals surface area contributed by atoms with E-state index in [9.17, 15) is 5.11 Å². The molecular weight excluding hydrogens is 254 g/mol. The number of aliphatic hydroxyl groups excluding tert-OH is 1. The molecule has 0 saturated carbocycles. The summed E-state index contributed by atoms with van der Waals surface area (Å²) < 4.78 is 10.4. The Balaban J connectivity index is 2.22. The molecule has 0 saturated heterocycles. The summed E-state index contributed by atoms with van der Waals surface area (Å²) in [5, 5.41) is 13.5. The van der Waals surface area contributed by atoms with Gasteiger partial charge in [0.2, 0.25) is 0 Å². The number of hydrogen-bond acceptors (Lipinski definition) is 4. The monoisotopic (exact) mass is 273 g/mol. The van der Waals surface area contributed by atoms with Gasteiger partial charge in [-0.3, -0.25) is 0 Å². The van der Waals surface area contributed by atoms with Crippen LogP contribution in [0.1, 0.15) is 6.92 Å². The molecule has 5 heteroatoms. The highest BCUT2D eigenvalue weighted by molar-refractivity contribution is 6.30. The highest BCUT2D eigenvalue weighted by Gasteiger charge is 2.07. The minimum atomic E-state index is -0.566. The largest absolute Gasteiger partial charge is 0.389 e. The number of anilines is 1. The summed E-state index contributed by atoms with van der Waals surface area (Å²) in [6.07, 6.45) is -0.584. The molecule has 0 spiro atoms. The van der Waals surface area contributed by atoms with Crippen LogP contribution in [0.5, 0.6) is 0 Å². The number of benzene rings is 1. The quantitative estimate of drug-likeness (QED) is 0.762. The first-order chi connectivity index (χ1) is 8.61. The lowest BCUT2D eigenvalue weighted by molar-refractivity contribution is -0.0282. The summed E-state index contributed by atoms with van der Waals surface area (Å²) >= 11 is 5.86. The summed E-state index contributed by atoms with van der Waals surface area (Å²) in [4.78, 5) is 0. The fourth-order valence-corrected chi connectivity index (χ4v) is 1.64. The molecule has 1 rings (SSSR count). The molecule has 18 heavy (non-hydrogen) atoms. The Morgan fingerprint density at radius 3 is 2.83 bits per heavy atom. The van der Waals surface area contributed by atoms with Crippen LogP contribution < -0.4 is 5.32 Å². The summed E-state index contributed by atoms with van der Waals surface area (Å²) in [7, 11) is 1.62. The van der Waals surface area contributed by atoms with Crippen LogP contribution in [0.25, 0.3) is 0 Å². The Kier molecular flexibility index (Phi) is 7.05. The van der Waals surface area contributed by atoms with E-state index in [0.717, 1.165) is 5.69 Å². The third kappa shape index (κ3) is 6.21. The molecule has 0 aromatic heterocycles. The van der Waals surface area contributed by atoms with Crippen molar-refractivity contribution >= 4 is 17.3 Å². The molecule has 0 aliphatic carbocycles. The van der Waals surface area contributed by atoms with Crippen molar-refractivity contribution in [2.24, 2.45) is 0 Å². The van der Waals surface area contributed by atoms with Gasteiger partial charge in [-0.05, 0) is 25.1 Å². The molecule has 0 aliphatic rings. The molecule has 2 atom stereocenters. The molecule has 2 N–H and O–H groups in total. The first kappa shape index (κ1) is 15.2. The van der Waals surface area contributed by atoms with Crippen molar-refractivity contribution in [2.45, 2.75) is 19.1 Å². The van der Waals surface area contributed by atoms with Crippen LogP contribution in [0.15, 0.2) is 24.3 Å². The lowest BCUT2D eigenvalue weighted by Crippen LogP contribution is -2.28. The van der Waals surface area contributed by atoms with Crippen LogP contribution in [0.3, 0.4) is 0 Å². The van der Waals surface area contributed by atoms with Crippen LogP contribution in [0.4, 0.5) is 5.69 Å². The van der Waals surface area contributed by atoms with E-state index < -0.39 is 6.10 Å². The average Bonchev–Trinajstić information content (AvgIpc) is 2.34. The SMILES string of the molecule is COCC(C)OCC(O)CNc1cccc(Cl)c1. The van der Waals surface area contributed by atoms with Crippen molar-refractivity contribution in [3.63, 3.8) is 0 Å². The van der Waals surface area contributed by atoms with Gasteiger partial charge in [-0.25, -0.2) is 0 Å². The van der Waals surface area contributed by atoms with Crippen molar-refractivity contribution in [2.75, 3.05) is 32.2 Å². The molecule has 102 valence electrons. The molecule has 1 aromatic carbocycles. The molecule has 0 radical (unpaired) electrons. The highest BCUT2D eigenvalue weighted by atomic mass is 35.5. The number of halogens is 1. The number of methoxy groups -OCH3 is 1. The maximum atomic E-state index is 9.74. The Bertz CT molecular complexity index is 349. The Labute approximate surface area is 113 Å². The maximum absolute atomic E-state index is 9.74. The van der Waals surface area contributed by atoms with Crippen molar-refractivity contribution < 1.29 is 14.6 Å². The third-order valence-corrected chi connectivity index (χ3v) is 2.58. The predicted octanol–water partition coefficient (Wildman–Crippen LogP) is 2.16. The summed E-state index contributed by atoms with van der Waals surface area (Å²) in [5.41, 5.74) is 0.881. The molecule has 0 heterocycles. The molecular formula is C13H20ClNO3. The average molecular weight is 274 g/mol. The standard InChI is InChI=1S/C13H20ClNO3/c1-10(8-17-2)18-9-13(16)7-15-12-5-3-4-11(14)6-12/h3-6,10,13,15-16H,7-9H2,1-2H3. The summed E-state index contributed by atoms with van der Waals surface area (Å²) in [5.74, 6) is 0. The van der Waals surface area contributed by atoms with Crippen molar-refractivity contribution in [3.8, 4) is 0 Å². The van der Waals surface area contributed by atoms with Gasteiger partial charge in [0.25, 0.3) is 0 Å². The minimum Gasteiger partial charge on any atom is -0.389 e. The number of aliphatic hydroxyl groups is 1. The predicted molar refractivity (Wildman–Crippen MR) is 73.2 cm³/mol. The van der Waals surface area contributed by atoms with Gasteiger partial charge in [0.05, 0.1) is 25.4 Å². The van der Waals surface area contributed by atoms with Crippen LogP contribution in [-0.4, -0.2) is 44.2 Å². The lowest BCUT2D eigenvalue weighted by Gasteiger charge is -2.16. The smallest absolute Gasteiger partial charge is 0.0945 e. The summed E-state index contributed by atoms with van der Waals surface area (Å²) in [6.45, 7) is 3.12. The van der Waals surface area contributed by atoms with E-state index in [1.165, 1.54) is 0 Å². The zero-order chi connectivity index (χ0) is 13.4. The van der Waals surface area contributed by atoms with E-state index in [1.807, 2.05) is 25.1 Å². The summed E-state index contributed by atoms with van der Waals surface area (Å²) in [6, 6.07) is 7.36. The van der Waals surface area contributed by atoms with E-state index in [4.69, 9.17) is 21.1 Å². The number of rotatable bonds is 8. The van der Waals surface area contributed by atoms with Gasteiger partial charge in [0.15, 0.2) is 0 Å². The van der Waals surface area contributed by atoms with E-state index in [1.54, 1.807) is 13.2 Å². The second-order valence-corrected chi connectivity index (χ2v) is 4.58. The molecule has 0 aliphatic heterocycles. The Hall–Kier alpha value is -0.810. The molecule has 2 unspecified atom stereocenters. The Morgan fingerprint density at radius 2 is 2.17 bits per heavy atom.